The summed E-state index contributed by atoms with van der Waals surface area (Å²) in [7, 11) is 0. The van der Waals surface area contributed by atoms with E-state index in [2.05, 4.69) is 41.3 Å². The minimum Gasteiger partial charge on any atom is -0.494 e. The van der Waals surface area contributed by atoms with Crippen molar-refractivity contribution in [3.63, 3.8) is 0 Å². The highest BCUT2D eigenvalue weighted by molar-refractivity contribution is 5.73. The minimum atomic E-state index is -5.08. The van der Waals surface area contributed by atoms with E-state index in [4.69, 9.17) is 25.6 Å². The highest BCUT2D eigenvalue weighted by Crippen LogP contribution is 2.46. The van der Waals surface area contributed by atoms with Crippen LogP contribution < -0.4 is 10.5 Å². The molecule has 2 aliphatic rings. The Labute approximate surface area is 222 Å². The van der Waals surface area contributed by atoms with Crippen molar-refractivity contribution in [1.29, 1.82) is 5.26 Å². The van der Waals surface area contributed by atoms with E-state index in [1.807, 2.05) is 12.1 Å². The van der Waals surface area contributed by atoms with Crippen LogP contribution in [-0.2, 0) is 10.3 Å². The Morgan fingerprint density at radius 3 is 2.08 bits per heavy atom. The van der Waals surface area contributed by atoms with Crippen LogP contribution in [0.15, 0.2) is 54.6 Å². The maximum Gasteiger partial charge on any atom is 0.490 e. The van der Waals surface area contributed by atoms with Gasteiger partial charge in [-0.15, -0.1) is 0 Å². The lowest BCUT2D eigenvalue weighted by Crippen LogP contribution is -2.53. The lowest BCUT2D eigenvalue weighted by atomic mass is 9.66. The highest BCUT2D eigenvalue weighted by Gasteiger charge is 2.45. The number of hydrogen-bond acceptors (Lipinski definition) is 5. The van der Waals surface area contributed by atoms with Crippen LogP contribution in [0.3, 0.4) is 0 Å². The molecule has 3 N–H and O–H groups in total. The number of halogens is 3. The molecule has 0 aromatic heterocycles. The first kappa shape index (κ1) is 29.5. The summed E-state index contributed by atoms with van der Waals surface area (Å²) in [6.07, 6.45) is 3.50. The Morgan fingerprint density at radius 1 is 1.00 bits per heavy atom. The molecule has 206 valence electrons. The van der Waals surface area contributed by atoms with Crippen LogP contribution in [0.2, 0.25) is 0 Å². The second-order valence-electron chi connectivity index (χ2n) is 10.0. The molecule has 0 amide bonds. The number of carboxylic acids is 1. The third kappa shape index (κ3) is 7.95. The summed E-state index contributed by atoms with van der Waals surface area (Å²) in [4.78, 5) is 11.5. The van der Waals surface area contributed by atoms with Crippen molar-refractivity contribution < 1.29 is 27.8 Å². The molecule has 2 aromatic rings. The van der Waals surface area contributed by atoms with Crippen molar-refractivity contribution in [3.05, 3.63) is 65.7 Å². The molecule has 0 spiro atoms. The van der Waals surface area contributed by atoms with Gasteiger partial charge in [0.1, 0.15) is 5.75 Å². The number of nitrogens with zero attached hydrogens (tertiary/aromatic N) is 2. The number of rotatable bonds is 8. The van der Waals surface area contributed by atoms with Crippen molar-refractivity contribution in [3.8, 4) is 11.8 Å². The number of piperidine rings is 1. The molecule has 38 heavy (non-hydrogen) atoms. The monoisotopic (exact) mass is 531 g/mol. The van der Waals surface area contributed by atoms with E-state index in [9.17, 15) is 13.2 Å². The van der Waals surface area contributed by atoms with Gasteiger partial charge in [0.2, 0.25) is 0 Å². The zero-order valence-corrected chi connectivity index (χ0v) is 21.5. The zero-order valence-electron chi connectivity index (χ0n) is 21.5. The molecule has 2 fully saturated rings. The lowest BCUT2D eigenvalue weighted by molar-refractivity contribution is -0.192. The summed E-state index contributed by atoms with van der Waals surface area (Å²) in [6, 6.07) is 20.4. The number of benzene rings is 2. The van der Waals surface area contributed by atoms with Crippen LogP contribution in [0.1, 0.15) is 56.1 Å². The Balaban J connectivity index is 0.000000505. The molecule has 9 heteroatoms. The summed E-state index contributed by atoms with van der Waals surface area (Å²) in [5.41, 5.74) is 9.12. The summed E-state index contributed by atoms with van der Waals surface area (Å²) in [5.74, 6) is -0.742. The number of nitrogens with two attached hydrogens (primary N) is 1. The smallest absolute Gasteiger partial charge is 0.490 e. The van der Waals surface area contributed by atoms with Gasteiger partial charge in [-0.1, -0.05) is 43.2 Å². The fourth-order valence-corrected chi connectivity index (χ4v) is 5.67. The van der Waals surface area contributed by atoms with Gasteiger partial charge in [0.25, 0.3) is 0 Å². The van der Waals surface area contributed by atoms with Gasteiger partial charge in [-0.2, -0.15) is 18.4 Å². The van der Waals surface area contributed by atoms with Crippen molar-refractivity contribution in [1.82, 2.24) is 4.90 Å². The van der Waals surface area contributed by atoms with Crippen molar-refractivity contribution in [2.45, 2.75) is 56.7 Å². The Bertz CT molecular complexity index is 1040. The second-order valence-corrected chi connectivity index (χ2v) is 10.0. The van der Waals surface area contributed by atoms with Crippen molar-refractivity contribution in [2.75, 3.05) is 26.2 Å². The van der Waals surface area contributed by atoms with E-state index in [0.29, 0.717) is 24.0 Å². The first-order chi connectivity index (χ1) is 18.1. The number of likely N-dealkylation sites (tertiary alicyclic amines) is 1. The number of nitriles is 1. The zero-order chi connectivity index (χ0) is 27.6. The van der Waals surface area contributed by atoms with Gasteiger partial charge in [0, 0.05) is 12.1 Å². The SMILES string of the molecule is N#Cc1ccc(OCCCN2CCC(C(N)(c3ccccc3)C3CCCC3)CC2)cc1.O=C(O)C(F)(F)F. The molecule has 1 unspecified atom stereocenters. The van der Waals surface area contributed by atoms with Crippen LogP contribution in [0, 0.1) is 23.2 Å². The summed E-state index contributed by atoms with van der Waals surface area (Å²) in [5, 5.41) is 16.0. The largest absolute Gasteiger partial charge is 0.494 e. The van der Waals surface area contributed by atoms with Gasteiger partial charge in [0.05, 0.1) is 18.2 Å². The standard InChI is InChI=1S/C27H35N3O.C2HF3O2/c28-21-22-11-13-26(14-12-22)31-20-6-17-30-18-15-25(16-19-30)27(29,24-9-4-5-10-24)23-7-2-1-3-8-23;3-2(4,5)1(6)7/h1-3,7-8,11-14,24-25H,4-6,9-10,15-20,29H2;(H,6,7). The summed E-state index contributed by atoms with van der Waals surface area (Å²) in [6.45, 7) is 4.02. The molecule has 1 saturated carbocycles. The van der Waals surface area contributed by atoms with Gasteiger partial charge in [0.15, 0.2) is 0 Å². The van der Waals surface area contributed by atoms with E-state index in [1.54, 1.807) is 12.1 Å². The van der Waals surface area contributed by atoms with E-state index in [1.165, 1.54) is 44.1 Å². The fourth-order valence-electron chi connectivity index (χ4n) is 5.67. The summed E-state index contributed by atoms with van der Waals surface area (Å²) < 4.78 is 37.6. The van der Waals surface area contributed by atoms with Crippen LogP contribution in [-0.4, -0.2) is 48.4 Å². The number of carbonyl (C=O) groups is 1. The Kier molecular flexibility index (Phi) is 10.6. The van der Waals surface area contributed by atoms with Crippen molar-refractivity contribution >= 4 is 5.97 Å². The van der Waals surface area contributed by atoms with Crippen LogP contribution in [0.25, 0.3) is 0 Å². The van der Waals surface area contributed by atoms with Gasteiger partial charge in [-0.25, -0.2) is 4.79 Å². The molecule has 1 atom stereocenters. The average molecular weight is 532 g/mol. The molecule has 4 rings (SSSR count). The maximum absolute atomic E-state index is 10.6. The first-order valence-corrected chi connectivity index (χ1v) is 13.1. The molecule has 1 aliphatic carbocycles. The number of carboxylic acid groups (broad SMARTS) is 1. The molecule has 2 aromatic carbocycles. The molecule has 0 radical (unpaired) electrons. The number of hydrogen-bond donors (Lipinski definition) is 2. The van der Waals surface area contributed by atoms with E-state index >= 15 is 0 Å². The fraction of sp³-hybridized carbons (Fsp3) is 0.517. The molecule has 1 aliphatic heterocycles. The number of aliphatic carboxylic acids is 1. The normalized spacial score (nSPS) is 18.6. The summed E-state index contributed by atoms with van der Waals surface area (Å²) >= 11 is 0. The Morgan fingerprint density at radius 2 is 1.55 bits per heavy atom. The first-order valence-electron chi connectivity index (χ1n) is 13.1. The topological polar surface area (TPSA) is 99.6 Å². The quantitative estimate of drug-likeness (QED) is 0.423. The van der Waals surface area contributed by atoms with E-state index in [-0.39, 0.29) is 5.54 Å². The van der Waals surface area contributed by atoms with E-state index < -0.39 is 12.1 Å². The highest BCUT2D eigenvalue weighted by atomic mass is 19.4. The minimum absolute atomic E-state index is 0.178. The molecule has 0 bridgehead atoms. The van der Waals surface area contributed by atoms with Gasteiger partial charge >= 0.3 is 12.1 Å². The van der Waals surface area contributed by atoms with Crippen LogP contribution >= 0.6 is 0 Å². The predicted octanol–water partition coefficient (Wildman–Crippen LogP) is 5.72. The number of ether oxygens (including phenoxy) is 1. The third-order valence-corrected chi connectivity index (χ3v) is 7.68. The van der Waals surface area contributed by atoms with Gasteiger partial charge in [-0.05, 0) is 86.9 Å². The average Bonchev–Trinajstić information content (AvgIpc) is 3.47. The van der Waals surface area contributed by atoms with Crippen molar-refractivity contribution in [2.24, 2.45) is 17.6 Å². The predicted molar refractivity (Wildman–Crippen MR) is 138 cm³/mol. The third-order valence-electron chi connectivity index (χ3n) is 7.68. The van der Waals surface area contributed by atoms with E-state index in [0.717, 1.165) is 31.8 Å². The molecule has 1 saturated heterocycles. The van der Waals surface area contributed by atoms with Crippen LogP contribution in [0.4, 0.5) is 13.2 Å². The Hall–Kier alpha value is -3.09. The number of alkyl halides is 3. The maximum atomic E-state index is 10.6. The lowest BCUT2D eigenvalue weighted by Gasteiger charge is -2.46. The molecule has 1 heterocycles. The molecule has 6 nitrogen and oxygen atoms in total. The second kappa shape index (κ2) is 13.6. The van der Waals surface area contributed by atoms with Gasteiger partial charge in [-0.3, -0.25) is 0 Å². The molecular formula is C29H36F3N3O3. The molecular weight excluding hydrogens is 495 g/mol. The van der Waals surface area contributed by atoms with Gasteiger partial charge < -0.3 is 20.5 Å². The van der Waals surface area contributed by atoms with Crippen LogP contribution in [0.5, 0.6) is 5.75 Å².